The summed E-state index contributed by atoms with van der Waals surface area (Å²) in [5.74, 6) is -0.843. The second-order valence-electron chi connectivity index (χ2n) is 6.35. The van der Waals surface area contributed by atoms with Crippen LogP contribution in [0.3, 0.4) is 0 Å². The standard InChI is InChI=1S/C16H19N3O5S/c1-5-24-13(20)9-18-11-8-10(19(22)23)6-7-12(11)25-15(18)17-14(21)16(2,3)4/h6-8H,5,9H2,1-4H3. The molecule has 1 heterocycles. The van der Waals surface area contributed by atoms with Gasteiger partial charge in [0, 0.05) is 17.5 Å². The lowest BCUT2D eigenvalue weighted by Crippen LogP contribution is -2.26. The van der Waals surface area contributed by atoms with E-state index in [0.29, 0.717) is 15.0 Å². The Morgan fingerprint density at radius 1 is 1.36 bits per heavy atom. The number of nitro groups is 1. The minimum atomic E-state index is -0.677. The van der Waals surface area contributed by atoms with E-state index < -0.39 is 16.3 Å². The Labute approximate surface area is 147 Å². The molecule has 1 aromatic carbocycles. The average Bonchev–Trinajstić information content (AvgIpc) is 2.83. The Balaban J connectivity index is 2.67. The van der Waals surface area contributed by atoms with Gasteiger partial charge < -0.3 is 9.30 Å². The summed E-state index contributed by atoms with van der Waals surface area (Å²) in [6.45, 7) is 6.96. The quantitative estimate of drug-likeness (QED) is 0.471. The van der Waals surface area contributed by atoms with Crippen LogP contribution in [-0.4, -0.2) is 28.0 Å². The molecule has 9 heteroatoms. The highest BCUT2D eigenvalue weighted by atomic mass is 32.1. The molecule has 25 heavy (non-hydrogen) atoms. The van der Waals surface area contributed by atoms with Crippen molar-refractivity contribution >= 4 is 39.1 Å². The third-order valence-electron chi connectivity index (χ3n) is 3.31. The van der Waals surface area contributed by atoms with Crippen molar-refractivity contribution in [2.75, 3.05) is 6.61 Å². The molecule has 2 rings (SSSR count). The molecular weight excluding hydrogens is 346 g/mol. The van der Waals surface area contributed by atoms with E-state index in [2.05, 4.69) is 4.99 Å². The van der Waals surface area contributed by atoms with Gasteiger partial charge in [0.2, 0.25) is 0 Å². The van der Waals surface area contributed by atoms with E-state index in [-0.39, 0.29) is 24.7 Å². The van der Waals surface area contributed by atoms with Gasteiger partial charge in [0.1, 0.15) is 6.54 Å². The Morgan fingerprint density at radius 3 is 2.60 bits per heavy atom. The maximum Gasteiger partial charge on any atom is 0.326 e. The number of hydrogen-bond donors (Lipinski definition) is 0. The van der Waals surface area contributed by atoms with E-state index >= 15 is 0 Å². The molecule has 0 radical (unpaired) electrons. The normalized spacial score (nSPS) is 12.4. The van der Waals surface area contributed by atoms with Crippen molar-refractivity contribution < 1.29 is 19.2 Å². The van der Waals surface area contributed by atoms with Crippen LogP contribution in [0.25, 0.3) is 10.2 Å². The summed E-state index contributed by atoms with van der Waals surface area (Å²) in [6, 6.07) is 4.33. The predicted molar refractivity (Wildman–Crippen MR) is 93.1 cm³/mol. The van der Waals surface area contributed by atoms with Gasteiger partial charge in [0.25, 0.3) is 11.6 Å². The molecule has 0 saturated heterocycles. The fraction of sp³-hybridized carbons (Fsp3) is 0.438. The highest BCUT2D eigenvalue weighted by molar-refractivity contribution is 7.16. The monoisotopic (exact) mass is 365 g/mol. The van der Waals surface area contributed by atoms with Gasteiger partial charge in [-0.05, 0) is 13.0 Å². The van der Waals surface area contributed by atoms with Crippen LogP contribution in [0, 0.1) is 15.5 Å². The molecule has 0 N–H and O–H groups in total. The number of nitrogens with zero attached hydrogens (tertiary/aromatic N) is 3. The molecule has 0 aliphatic heterocycles. The second-order valence-corrected chi connectivity index (χ2v) is 7.36. The number of fused-ring (bicyclic) bond motifs is 1. The Kier molecular flexibility index (Phi) is 5.36. The zero-order valence-corrected chi connectivity index (χ0v) is 15.3. The van der Waals surface area contributed by atoms with Crippen LogP contribution in [0.2, 0.25) is 0 Å². The minimum Gasteiger partial charge on any atom is -0.465 e. The number of thiazole rings is 1. The van der Waals surface area contributed by atoms with E-state index in [9.17, 15) is 19.7 Å². The molecule has 0 unspecified atom stereocenters. The lowest BCUT2D eigenvalue weighted by molar-refractivity contribution is -0.384. The van der Waals surface area contributed by atoms with Crippen LogP contribution in [0.15, 0.2) is 23.2 Å². The van der Waals surface area contributed by atoms with Gasteiger partial charge in [-0.3, -0.25) is 19.7 Å². The molecule has 2 aromatic rings. The van der Waals surface area contributed by atoms with Crippen LogP contribution >= 0.6 is 11.3 Å². The largest absolute Gasteiger partial charge is 0.465 e. The first kappa shape index (κ1) is 18.8. The number of ether oxygens (including phenoxy) is 1. The van der Waals surface area contributed by atoms with E-state index in [0.717, 1.165) is 0 Å². The fourth-order valence-corrected chi connectivity index (χ4v) is 3.01. The van der Waals surface area contributed by atoms with E-state index in [1.54, 1.807) is 33.8 Å². The number of benzene rings is 1. The van der Waals surface area contributed by atoms with Crippen LogP contribution in [0.1, 0.15) is 27.7 Å². The van der Waals surface area contributed by atoms with Gasteiger partial charge in [0.05, 0.1) is 21.7 Å². The number of esters is 1. The molecule has 0 atom stereocenters. The van der Waals surface area contributed by atoms with Crippen LogP contribution in [0.5, 0.6) is 0 Å². The van der Waals surface area contributed by atoms with Crippen molar-refractivity contribution in [2.45, 2.75) is 34.2 Å². The highest BCUT2D eigenvalue weighted by Gasteiger charge is 2.22. The maximum absolute atomic E-state index is 12.3. The fourth-order valence-electron chi connectivity index (χ4n) is 2.00. The van der Waals surface area contributed by atoms with Gasteiger partial charge in [0.15, 0.2) is 4.80 Å². The van der Waals surface area contributed by atoms with Crippen molar-refractivity contribution in [3.63, 3.8) is 0 Å². The minimum absolute atomic E-state index is 0.100. The maximum atomic E-state index is 12.3. The van der Waals surface area contributed by atoms with Gasteiger partial charge >= 0.3 is 5.97 Å². The summed E-state index contributed by atoms with van der Waals surface area (Å²) in [4.78, 5) is 39.1. The zero-order valence-electron chi connectivity index (χ0n) is 14.4. The van der Waals surface area contributed by atoms with E-state index in [1.807, 2.05) is 0 Å². The molecule has 0 saturated carbocycles. The number of aromatic nitrogens is 1. The van der Waals surface area contributed by atoms with Crippen LogP contribution in [-0.2, 0) is 20.9 Å². The lowest BCUT2D eigenvalue weighted by Gasteiger charge is -2.12. The first-order valence-electron chi connectivity index (χ1n) is 7.66. The Morgan fingerprint density at radius 2 is 2.04 bits per heavy atom. The van der Waals surface area contributed by atoms with Crippen molar-refractivity contribution in [3.05, 3.63) is 33.1 Å². The Hall–Kier alpha value is -2.55. The Bertz CT molecular complexity index is 905. The third-order valence-corrected chi connectivity index (χ3v) is 4.37. The van der Waals surface area contributed by atoms with Crippen molar-refractivity contribution in [1.29, 1.82) is 0 Å². The molecule has 0 spiro atoms. The van der Waals surface area contributed by atoms with Gasteiger partial charge in [-0.25, -0.2) is 0 Å². The zero-order chi connectivity index (χ0) is 18.8. The molecular formula is C16H19N3O5S. The molecule has 1 aromatic heterocycles. The second kappa shape index (κ2) is 7.14. The summed E-state index contributed by atoms with van der Waals surface area (Å²) in [6.07, 6.45) is 0. The first-order valence-corrected chi connectivity index (χ1v) is 8.47. The smallest absolute Gasteiger partial charge is 0.326 e. The first-order chi connectivity index (χ1) is 11.6. The van der Waals surface area contributed by atoms with Crippen LogP contribution in [0.4, 0.5) is 5.69 Å². The number of carbonyl (C=O) groups is 2. The summed E-state index contributed by atoms with van der Waals surface area (Å²) in [7, 11) is 0. The third kappa shape index (κ3) is 4.30. The summed E-state index contributed by atoms with van der Waals surface area (Å²) in [5, 5.41) is 11.0. The topological polar surface area (TPSA) is 104 Å². The van der Waals surface area contributed by atoms with Crippen molar-refractivity contribution in [3.8, 4) is 0 Å². The molecule has 8 nitrogen and oxygen atoms in total. The van der Waals surface area contributed by atoms with Crippen molar-refractivity contribution in [1.82, 2.24) is 4.57 Å². The highest BCUT2D eigenvalue weighted by Crippen LogP contribution is 2.23. The van der Waals surface area contributed by atoms with Gasteiger partial charge in [-0.1, -0.05) is 32.1 Å². The molecule has 1 amide bonds. The number of rotatable bonds is 4. The van der Waals surface area contributed by atoms with E-state index in [1.165, 1.54) is 28.0 Å². The number of carbonyl (C=O) groups excluding carboxylic acids is 2. The van der Waals surface area contributed by atoms with Gasteiger partial charge in [-0.2, -0.15) is 4.99 Å². The molecule has 134 valence electrons. The number of nitro benzene ring substituents is 1. The van der Waals surface area contributed by atoms with Crippen LogP contribution < -0.4 is 4.80 Å². The average molecular weight is 365 g/mol. The van der Waals surface area contributed by atoms with Crippen molar-refractivity contribution in [2.24, 2.45) is 10.4 Å². The SMILES string of the molecule is CCOC(=O)Cn1c(=NC(=O)C(C)(C)C)sc2ccc([N+](=O)[O-])cc21. The summed E-state index contributed by atoms with van der Waals surface area (Å²) in [5.41, 5.74) is -0.312. The number of non-ortho nitro benzene ring substituents is 1. The molecule has 0 fully saturated rings. The lowest BCUT2D eigenvalue weighted by atomic mass is 9.96. The molecule has 0 aliphatic carbocycles. The van der Waals surface area contributed by atoms with Gasteiger partial charge in [-0.15, -0.1) is 0 Å². The molecule has 0 bridgehead atoms. The van der Waals surface area contributed by atoms with E-state index in [4.69, 9.17) is 4.74 Å². The summed E-state index contributed by atoms with van der Waals surface area (Å²) < 4.78 is 7.12. The predicted octanol–water partition coefficient (Wildman–Crippen LogP) is 2.65. The number of amides is 1. The molecule has 0 aliphatic rings. The number of hydrogen-bond acceptors (Lipinski definition) is 6. The summed E-state index contributed by atoms with van der Waals surface area (Å²) >= 11 is 1.19.